The molecule has 0 spiro atoms. The molecule has 9 heteroatoms. The summed E-state index contributed by atoms with van der Waals surface area (Å²) >= 11 is 0. The number of nitrogens with zero attached hydrogens (tertiary/aromatic N) is 7. The summed E-state index contributed by atoms with van der Waals surface area (Å²) < 4.78 is 3.82. The van der Waals surface area contributed by atoms with Gasteiger partial charge >= 0.3 is 0 Å². The summed E-state index contributed by atoms with van der Waals surface area (Å²) in [6, 6.07) is 10.3. The first-order chi connectivity index (χ1) is 18.9. The summed E-state index contributed by atoms with van der Waals surface area (Å²) in [6.45, 7) is 7.08. The molecule has 198 valence electrons. The smallest absolute Gasteiger partial charge is 0.256 e. The van der Waals surface area contributed by atoms with Gasteiger partial charge in [-0.15, -0.1) is 0 Å². The molecule has 1 atom stereocenters. The van der Waals surface area contributed by atoms with Crippen molar-refractivity contribution in [2.75, 3.05) is 19.6 Å². The number of amides is 2. The van der Waals surface area contributed by atoms with Crippen LogP contribution < -0.4 is 0 Å². The summed E-state index contributed by atoms with van der Waals surface area (Å²) in [7, 11) is 1.86. The van der Waals surface area contributed by atoms with Gasteiger partial charge in [0.05, 0.1) is 39.9 Å². The average molecular weight is 522 g/mol. The van der Waals surface area contributed by atoms with Gasteiger partial charge in [-0.05, 0) is 55.5 Å². The molecule has 39 heavy (non-hydrogen) atoms. The van der Waals surface area contributed by atoms with E-state index in [0.29, 0.717) is 44.0 Å². The lowest BCUT2D eigenvalue weighted by Crippen LogP contribution is -2.45. The van der Waals surface area contributed by atoms with Crippen LogP contribution in [0, 0.1) is 6.92 Å². The van der Waals surface area contributed by atoms with Gasteiger partial charge in [0.1, 0.15) is 5.52 Å². The van der Waals surface area contributed by atoms with Crippen LogP contribution in [0.2, 0.25) is 0 Å². The van der Waals surface area contributed by atoms with Gasteiger partial charge in [-0.3, -0.25) is 19.3 Å². The number of rotatable bonds is 4. The van der Waals surface area contributed by atoms with E-state index < -0.39 is 0 Å². The number of aromatic nitrogens is 5. The Kier molecular flexibility index (Phi) is 5.43. The third-order valence-corrected chi connectivity index (χ3v) is 8.45. The van der Waals surface area contributed by atoms with Crippen LogP contribution in [0.3, 0.4) is 0 Å². The van der Waals surface area contributed by atoms with Crippen LogP contribution >= 0.6 is 0 Å². The molecule has 1 aromatic carbocycles. The number of hydrogen-bond donors (Lipinski definition) is 0. The van der Waals surface area contributed by atoms with Crippen molar-refractivity contribution in [3.8, 4) is 5.69 Å². The summed E-state index contributed by atoms with van der Waals surface area (Å²) in [6.07, 6.45) is 6.86. The minimum atomic E-state index is -0.300. The van der Waals surface area contributed by atoms with Gasteiger partial charge in [0.15, 0.2) is 0 Å². The second-order valence-corrected chi connectivity index (χ2v) is 10.9. The topological polar surface area (TPSA) is 89.2 Å². The molecule has 0 radical (unpaired) electrons. The molecule has 5 heterocycles. The van der Waals surface area contributed by atoms with Gasteiger partial charge in [0.25, 0.3) is 5.91 Å². The Morgan fingerprint density at radius 3 is 2.62 bits per heavy atom. The second-order valence-electron chi connectivity index (χ2n) is 10.9. The van der Waals surface area contributed by atoms with Gasteiger partial charge in [-0.1, -0.05) is 18.7 Å². The van der Waals surface area contributed by atoms with E-state index in [0.717, 1.165) is 39.4 Å². The lowest BCUT2D eigenvalue weighted by atomic mass is 9.95. The lowest BCUT2D eigenvalue weighted by molar-refractivity contribution is -0.126. The molecular weight excluding hydrogens is 490 g/mol. The first-order valence-electron chi connectivity index (χ1n) is 13.7. The van der Waals surface area contributed by atoms with E-state index in [1.807, 2.05) is 24.9 Å². The van der Waals surface area contributed by atoms with Crippen molar-refractivity contribution < 1.29 is 9.59 Å². The first kappa shape index (κ1) is 23.8. The fourth-order valence-corrected chi connectivity index (χ4v) is 6.27. The molecule has 3 aromatic heterocycles. The molecule has 9 nitrogen and oxygen atoms in total. The molecule has 0 N–H and O–H groups in total. The third-order valence-electron chi connectivity index (χ3n) is 8.45. The van der Waals surface area contributed by atoms with Crippen LogP contribution in [-0.2, 0) is 24.7 Å². The summed E-state index contributed by atoms with van der Waals surface area (Å²) in [4.78, 5) is 35.0. The molecule has 1 saturated carbocycles. The Labute approximate surface area is 226 Å². The van der Waals surface area contributed by atoms with E-state index in [9.17, 15) is 9.59 Å². The number of fused-ring (bicyclic) bond motifs is 1. The maximum absolute atomic E-state index is 14.0. The Morgan fingerprint density at radius 2 is 1.87 bits per heavy atom. The first-order valence-corrected chi connectivity index (χ1v) is 13.7. The van der Waals surface area contributed by atoms with Gasteiger partial charge in [-0.2, -0.15) is 10.2 Å². The predicted octanol–water partition coefficient (Wildman–Crippen LogP) is 3.65. The van der Waals surface area contributed by atoms with E-state index in [1.165, 1.54) is 24.5 Å². The highest BCUT2D eigenvalue weighted by Gasteiger charge is 2.40. The van der Waals surface area contributed by atoms with Crippen molar-refractivity contribution >= 4 is 22.8 Å². The van der Waals surface area contributed by atoms with Crippen LogP contribution in [0.15, 0.2) is 49.2 Å². The molecule has 4 aromatic rings. The summed E-state index contributed by atoms with van der Waals surface area (Å²) in [5, 5.41) is 9.52. The molecule has 0 saturated heterocycles. The van der Waals surface area contributed by atoms with Crippen LogP contribution in [0.1, 0.15) is 63.4 Å². The van der Waals surface area contributed by atoms with Gasteiger partial charge in [0.2, 0.25) is 5.91 Å². The normalized spacial score (nSPS) is 18.7. The monoisotopic (exact) mass is 521 g/mol. The van der Waals surface area contributed by atoms with E-state index in [-0.39, 0.29) is 17.9 Å². The zero-order valence-electron chi connectivity index (χ0n) is 22.3. The van der Waals surface area contributed by atoms with Gasteiger partial charge in [-0.25, -0.2) is 4.68 Å². The van der Waals surface area contributed by atoms with E-state index >= 15 is 0 Å². The number of benzene rings is 1. The van der Waals surface area contributed by atoms with Crippen molar-refractivity contribution in [2.24, 2.45) is 7.05 Å². The number of hydrogen-bond acceptors (Lipinski definition) is 5. The van der Waals surface area contributed by atoms with E-state index in [1.54, 1.807) is 15.8 Å². The Bertz CT molecular complexity index is 1640. The van der Waals surface area contributed by atoms with Gasteiger partial charge < -0.3 is 9.80 Å². The second kappa shape index (κ2) is 8.90. The van der Waals surface area contributed by atoms with Crippen LogP contribution in [0.25, 0.3) is 16.7 Å². The molecule has 1 aliphatic carbocycles. The maximum Gasteiger partial charge on any atom is 0.256 e. The molecule has 2 amide bonds. The minimum absolute atomic E-state index is 0.0979. The fourth-order valence-electron chi connectivity index (χ4n) is 6.27. The number of pyridine rings is 1. The Hall–Kier alpha value is -4.27. The van der Waals surface area contributed by atoms with Crippen molar-refractivity contribution in [1.29, 1.82) is 0 Å². The highest BCUT2D eigenvalue weighted by Crippen LogP contribution is 2.41. The predicted molar refractivity (Wildman–Crippen MR) is 147 cm³/mol. The lowest BCUT2D eigenvalue weighted by Gasteiger charge is -2.37. The Balaban J connectivity index is 1.29. The molecule has 1 unspecified atom stereocenters. The number of carbonyl (C=O) groups excluding carboxylic acids is 2. The zero-order chi connectivity index (χ0) is 26.8. The van der Waals surface area contributed by atoms with Gasteiger partial charge in [0, 0.05) is 51.3 Å². The highest BCUT2D eigenvalue weighted by atomic mass is 16.2. The maximum atomic E-state index is 14.0. The van der Waals surface area contributed by atoms with Crippen LogP contribution in [0.4, 0.5) is 0 Å². The zero-order valence-corrected chi connectivity index (χ0v) is 22.3. The van der Waals surface area contributed by atoms with Crippen molar-refractivity contribution in [2.45, 2.75) is 44.6 Å². The van der Waals surface area contributed by atoms with E-state index in [2.05, 4.69) is 45.6 Å². The third kappa shape index (κ3) is 3.87. The molecule has 0 bridgehead atoms. The fraction of sp³-hybridized carbons (Fsp3) is 0.367. The average Bonchev–Trinajstić information content (AvgIpc) is 3.72. The van der Waals surface area contributed by atoms with Crippen molar-refractivity contribution in [3.05, 3.63) is 83.0 Å². The summed E-state index contributed by atoms with van der Waals surface area (Å²) in [5.41, 5.74) is 8.56. The number of aryl methyl sites for hydroxylation is 2. The molecule has 2 aliphatic heterocycles. The van der Waals surface area contributed by atoms with E-state index in [4.69, 9.17) is 5.10 Å². The van der Waals surface area contributed by atoms with Crippen LogP contribution in [0.5, 0.6) is 0 Å². The molecule has 1 fully saturated rings. The molecule has 7 rings (SSSR count). The molecule has 3 aliphatic rings. The highest BCUT2D eigenvalue weighted by molar-refractivity contribution is 5.97. The Morgan fingerprint density at radius 1 is 1.08 bits per heavy atom. The SMILES string of the molecule is C=CC(=O)N1CCc2nn(-c3ccc(C4CC4)cc3)c3c2C(C1)N(C(=O)c1cnc2c(C)nn(C)c2c1)CC3. The van der Waals surface area contributed by atoms with Crippen molar-refractivity contribution in [3.63, 3.8) is 0 Å². The number of carbonyl (C=O) groups is 2. The standard InChI is InChI=1S/C30H31N7O2/c1-4-27(38)35-13-11-23-28-24(37(33-23)22-9-7-20(8-10-22)19-5-6-19)12-14-36(26(28)17-35)30(39)21-15-25-29(31-16-21)18(2)32-34(25)3/h4,7-10,15-16,19,26H,1,5-6,11-14,17H2,2-3H3. The minimum Gasteiger partial charge on any atom is -0.336 e. The molecular formula is C30H31N7O2. The quantitative estimate of drug-likeness (QED) is 0.383. The summed E-state index contributed by atoms with van der Waals surface area (Å²) in [5.74, 6) is 0.476. The van der Waals surface area contributed by atoms with Crippen molar-refractivity contribution in [1.82, 2.24) is 34.3 Å². The largest absolute Gasteiger partial charge is 0.336 e. The van der Waals surface area contributed by atoms with Crippen LogP contribution in [-0.4, -0.2) is 65.8 Å².